The highest BCUT2D eigenvalue weighted by molar-refractivity contribution is 5.58. The first kappa shape index (κ1) is 23.0. The molecular weight excluding hydrogens is 376 g/mol. The Bertz CT molecular complexity index is 754. The summed E-state index contributed by atoms with van der Waals surface area (Å²) in [5, 5.41) is 48.7. The van der Waals surface area contributed by atoms with Crippen molar-refractivity contribution in [2.45, 2.75) is 52.6 Å². The first-order chi connectivity index (χ1) is 14.0. The Morgan fingerprint density at radius 3 is 1.69 bits per heavy atom. The van der Waals surface area contributed by atoms with Gasteiger partial charge in [0.25, 0.3) is 0 Å². The summed E-state index contributed by atoms with van der Waals surface area (Å²) in [5.41, 5.74) is 1.71. The number of aliphatic hydroxyl groups is 4. The maximum Gasteiger partial charge on any atom is 0.131 e. The van der Waals surface area contributed by atoms with E-state index >= 15 is 0 Å². The second-order valence-electron chi connectivity index (χ2n) is 6.80. The topological polar surface area (TPSA) is 120 Å². The zero-order valence-electron chi connectivity index (χ0n) is 16.9. The Morgan fingerprint density at radius 1 is 0.759 bits per heavy atom. The molecule has 0 amide bonds. The monoisotopic (exact) mass is 406 g/mol. The average Bonchev–Trinajstić information content (AvgIpc) is 2.76. The van der Waals surface area contributed by atoms with Gasteiger partial charge < -0.3 is 35.0 Å². The van der Waals surface area contributed by atoms with Gasteiger partial charge in [0.1, 0.15) is 30.5 Å². The predicted molar refractivity (Wildman–Crippen MR) is 108 cm³/mol. The zero-order chi connectivity index (χ0) is 21.4. The Balaban J connectivity index is 2.11. The predicted octanol–water partition coefficient (Wildman–Crippen LogP) is 2.33. The molecule has 0 heterocycles. The van der Waals surface area contributed by atoms with Crippen LogP contribution in [0.15, 0.2) is 24.3 Å². The smallest absolute Gasteiger partial charge is 0.131 e. The lowest BCUT2D eigenvalue weighted by Crippen LogP contribution is -2.14. The first-order valence-corrected chi connectivity index (χ1v) is 9.69. The highest BCUT2D eigenvalue weighted by atomic mass is 16.5. The molecule has 0 radical (unpaired) electrons. The van der Waals surface area contributed by atoms with Crippen LogP contribution in [0.3, 0.4) is 0 Å². The third-order valence-corrected chi connectivity index (χ3v) is 5.14. The summed E-state index contributed by atoms with van der Waals surface area (Å²) in [4.78, 5) is 0. The van der Waals surface area contributed by atoms with Gasteiger partial charge in [-0.3, -0.25) is 0 Å². The highest BCUT2D eigenvalue weighted by Gasteiger charge is 2.23. The lowest BCUT2D eigenvalue weighted by molar-refractivity contribution is 0.195. The van der Waals surface area contributed by atoms with E-state index < -0.39 is 26.4 Å². The van der Waals surface area contributed by atoms with Crippen LogP contribution in [-0.4, -0.2) is 38.7 Å². The molecule has 29 heavy (non-hydrogen) atoms. The molecule has 1 atom stereocenters. The van der Waals surface area contributed by atoms with Gasteiger partial charge in [-0.05, 0) is 30.0 Å². The van der Waals surface area contributed by atoms with Crippen molar-refractivity contribution in [3.8, 4) is 17.2 Å². The molecule has 2 rings (SSSR count). The van der Waals surface area contributed by atoms with E-state index in [1.165, 1.54) is 5.56 Å². The van der Waals surface area contributed by atoms with Gasteiger partial charge in [-0.15, -0.1) is 0 Å². The molecule has 0 aromatic heterocycles. The van der Waals surface area contributed by atoms with Gasteiger partial charge >= 0.3 is 0 Å². The molecule has 160 valence electrons. The standard InChI is InChI=1S/C22H30O7/c1-3-14(2)15-4-6-16(7-5-15)28-8-9-29-22-19(12-25)17(10-23)21(27)18(11-24)20(22)13-26/h4-7,14,23-27H,3,8-13H2,1-2H3. The van der Waals surface area contributed by atoms with Crippen LogP contribution in [0.4, 0.5) is 0 Å². The maximum atomic E-state index is 10.2. The number of benzene rings is 2. The van der Waals surface area contributed by atoms with E-state index in [9.17, 15) is 25.5 Å². The van der Waals surface area contributed by atoms with Gasteiger partial charge in [-0.25, -0.2) is 0 Å². The zero-order valence-corrected chi connectivity index (χ0v) is 16.9. The quantitative estimate of drug-likeness (QED) is 0.363. The van der Waals surface area contributed by atoms with Crippen LogP contribution in [0.2, 0.25) is 0 Å². The van der Waals surface area contributed by atoms with Crippen molar-refractivity contribution < 1.29 is 35.0 Å². The minimum atomic E-state index is -0.546. The first-order valence-electron chi connectivity index (χ1n) is 9.69. The van der Waals surface area contributed by atoms with Crippen LogP contribution in [0.1, 0.15) is 54.0 Å². The fraction of sp³-hybridized carbons (Fsp3) is 0.455. The minimum Gasteiger partial charge on any atom is -0.507 e. The minimum absolute atomic E-state index is 0.0605. The summed E-state index contributed by atoms with van der Waals surface area (Å²) in [5.74, 6) is 0.963. The fourth-order valence-electron chi connectivity index (χ4n) is 3.21. The molecule has 1 unspecified atom stereocenters. The van der Waals surface area contributed by atoms with Gasteiger partial charge in [0.2, 0.25) is 0 Å². The number of aromatic hydroxyl groups is 1. The molecule has 0 spiro atoms. The van der Waals surface area contributed by atoms with Crippen LogP contribution < -0.4 is 9.47 Å². The number of phenols is 1. The van der Waals surface area contributed by atoms with Crippen LogP contribution >= 0.6 is 0 Å². The van der Waals surface area contributed by atoms with Crippen molar-refractivity contribution in [3.63, 3.8) is 0 Å². The van der Waals surface area contributed by atoms with Crippen LogP contribution in [0.25, 0.3) is 0 Å². The molecule has 0 saturated carbocycles. The van der Waals surface area contributed by atoms with Crippen molar-refractivity contribution in [1.82, 2.24) is 0 Å². The molecule has 0 saturated heterocycles. The van der Waals surface area contributed by atoms with E-state index in [1.54, 1.807) is 0 Å². The second kappa shape index (κ2) is 11.0. The fourth-order valence-corrected chi connectivity index (χ4v) is 3.21. The molecule has 7 nitrogen and oxygen atoms in total. The Morgan fingerprint density at radius 2 is 1.24 bits per heavy atom. The summed E-state index contributed by atoms with van der Waals surface area (Å²) in [6.45, 7) is 2.52. The molecule has 7 heteroatoms. The van der Waals surface area contributed by atoms with Crippen molar-refractivity contribution in [3.05, 3.63) is 52.1 Å². The van der Waals surface area contributed by atoms with Crippen molar-refractivity contribution in [2.75, 3.05) is 13.2 Å². The van der Waals surface area contributed by atoms with Crippen LogP contribution in [0.5, 0.6) is 17.2 Å². The number of aliphatic hydroxyl groups excluding tert-OH is 4. The van der Waals surface area contributed by atoms with E-state index in [2.05, 4.69) is 13.8 Å². The van der Waals surface area contributed by atoms with Gasteiger partial charge in [-0.1, -0.05) is 26.0 Å². The van der Waals surface area contributed by atoms with E-state index in [4.69, 9.17) is 9.47 Å². The number of hydrogen-bond acceptors (Lipinski definition) is 7. The molecule has 5 N–H and O–H groups in total. The summed E-state index contributed by atoms with van der Waals surface area (Å²) in [6, 6.07) is 7.85. The largest absolute Gasteiger partial charge is 0.507 e. The average molecular weight is 406 g/mol. The molecule has 2 aromatic carbocycles. The maximum absolute atomic E-state index is 10.2. The van der Waals surface area contributed by atoms with E-state index in [0.717, 1.165) is 6.42 Å². The SMILES string of the molecule is CCC(C)c1ccc(OCCOc2c(CO)c(CO)c(O)c(CO)c2CO)cc1. The number of ether oxygens (including phenoxy) is 2. The Hall–Kier alpha value is -2.32. The summed E-state index contributed by atoms with van der Waals surface area (Å²) in [7, 11) is 0. The lowest BCUT2D eigenvalue weighted by atomic mass is 9.96. The van der Waals surface area contributed by atoms with Crippen molar-refractivity contribution in [2.24, 2.45) is 0 Å². The van der Waals surface area contributed by atoms with Gasteiger partial charge in [0, 0.05) is 22.3 Å². The summed E-state index contributed by atoms with van der Waals surface area (Å²) >= 11 is 0. The van der Waals surface area contributed by atoms with Gasteiger partial charge in [-0.2, -0.15) is 0 Å². The van der Waals surface area contributed by atoms with Crippen LogP contribution in [0, 0.1) is 0 Å². The van der Waals surface area contributed by atoms with E-state index in [-0.39, 0.29) is 47.0 Å². The van der Waals surface area contributed by atoms with Gasteiger partial charge in [0.05, 0.1) is 26.4 Å². The third kappa shape index (κ3) is 5.19. The third-order valence-electron chi connectivity index (χ3n) is 5.14. The number of rotatable bonds is 11. The molecule has 0 aliphatic heterocycles. The Labute approximate surface area is 170 Å². The molecular formula is C22H30O7. The lowest BCUT2D eigenvalue weighted by Gasteiger charge is -2.21. The molecule has 0 aliphatic carbocycles. The molecule has 0 bridgehead atoms. The van der Waals surface area contributed by atoms with Gasteiger partial charge in [0.15, 0.2) is 0 Å². The van der Waals surface area contributed by atoms with Crippen molar-refractivity contribution >= 4 is 0 Å². The van der Waals surface area contributed by atoms with E-state index in [1.807, 2.05) is 24.3 Å². The molecule has 0 fully saturated rings. The highest BCUT2D eigenvalue weighted by Crippen LogP contribution is 2.39. The Kier molecular flexibility index (Phi) is 8.72. The normalized spacial score (nSPS) is 12.1. The number of hydrogen-bond donors (Lipinski definition) is 5. The second-order valence-corrected chi connectivity index (χ2v) is 6.80. The summed E-state index contributed by atoms with van der Waals surface area (Å²) in [6.07, 6.45) is 1.06. The van der Waals surface area contributed by atoms with Crippen molar-refractivity contribution in [1.29, 1.82) is 0 Å². The molecule has 0 aliphatic rings. The van der Waals surface area contributed by atoms with Crippen LogP contribution in [-0.2, 0) is 26.4 Å². The summed E-state index contributed by atoms with van der Waals surface area (Å²) < 4.78 is 11.4. The van der Waals surface area contributed by atoms with E-state index in [0.29, 0.717) is 11.7 Å². The molecule has 2 aromatic rings.